The second-order valence-corrected chi connectivity index (χ2v) is 4.59. The minimum absolute atomic E-state index is 0.0377. The Morgan fingerprint density at radius 3 is 2.67 bits per heavy atom. The van der Waals surface area contributed by atoms with Crippen LogP contribution < -0.4 is 0 Å². The summed E-state index contributed by atoms with van der Waals surface area (Å²) in [4.78, 5) is 27.9. The van der Waals surface area contributed by atoms with Crippen LogP contribution in [-0.4, -0.2) is 50.2 Å². The topological polar surface area (TPSA) is 88.3 Å². The van der Waals surface area contributed by atoms with Gasteiger partial charge >= 0.3 is 5.97 Å². The summed E-state index contributed by atoms with van der Waals surface area (Å²) in [5.41, 5.74) is 0.878. The Balaban J connectivity index is 1.96. The van der Waals surface area contributed by atoms with Gasteiger partial charge in [-0.3, -0.25) is 9.59 Å². The van der Waals surface area contributed by atoms with Crippen molar-refractivity contribution in [3.8, 4) is 11.4 Å². The lowest BCUT2D eigenvalue weighted by atomic mass is 10.2. The van der Waals surface area contributed by atoms with Crippen molar-refractivity contribution < 1.29 is 14.7 Å². The maximum atomic E-state index is 11.9. The fraction of sp³-hybridized carbons (Fsp3) is 0.286. The SMILES string of the molecule is CN(CCC(=O)O)C(=O)Cn1cnc(-c2ccccc2)n1. The summed E-state index contributed by atoms with van der Waals surface area (Å²) in [5, 5.41) is 12.8. The van der Waals surface area contributed by atoms with Crippen molar-refractivity contribution in [2.45, 2.75) is 13.0 Å². The number of nitrogens with zero attached hydrogens (tertiary/aromatic N) is 4. The maximum absolute atomic E-state index is 11.9. The molecule has 1 amide bonds. The highest BCUT2D eigenvalue weighted by molar-refractivity contribution is 5.76. The number of hydrogen-bond acceptors (Lipinski definition) is 4. The number of amides is 1. The van der Waals surface area contributed by atoms with Crippen LogP contribution in [0.2, 0.25) is 0 Å². The van der Waals surface area contributed by atoms with Crippen molar-refractivity contribution in [1.82, 2.24) is 19.7 Å². The molecule has 0 spiro atoms. The number of carbonyl (C=O) groups is 2. The van der Waals surface area contributed by atoms with Crippen molar-refractivity contribution in [3.05, 3.63) is 36.7 Å². The van der Waals surface area contributed by atoms with E-state index in [1.54, 1.807) is 7.05 Å². The van der Waals surface area contributed by atoms with Crippen LogP contribution in [0.15, 0.2) is 36.7 Å². The van der Waals surface area contributed by atoms with Crippen molar-refractivity contribution in [2.75, 3.05) is 13.6 Å². The van der Waals surface area contributed by atoms with E-state index in [-0.39, 0.29) is 25.4 Å². The number of carbonyl (C=O) groups excluding carboxylic acids is 1. The number of hydrogen-bond donors (Lipinski definition) is 1. The number of likely N-dealkylation sites (N-methyl/N-ethyl adjacent to an activating group) is 1. The number of rotatable bonds is 6. The van der Waals surface area contributed by atoms with E-state index in [2.05, 4.69) is 10.1 Å². The average molecular weight is 288 g/mol. The third kappa shape index (κ3) is 4.13. The Labute approximate surface area is 121 Å². The second-order valence-electron chi connectivity index (χ2n) is 4.59. The summed E-state index contributed by atoms with van der Waals surface area (Å²) in [6, 6.07) is 9.46. The van der Waals surface area contributed by atoms with Crippen LogP contribution in [0.25, 0.3) is 11.4 Å². The Kier molecular flexibility index (Phi) is 4.65. The summed E-state index contributed by atoms with van der Waals surface area (Å²) in [6.07, 6.45) is 1.42. The molecule has 110 valence electrons. The van der Waals surface area contributed by atoms with Crippen LogP contribution in [0.3, 0.4) is 0 Å². The molecule has 0 unspecified atom stereocenters. The summed E-state index contributed by atoms with van der Waals surface area (Å²) in [7, 11) is 1.57. The van der Waals surface area contributed by atoms with Crippen molar-refractivity contribution in [2.24, 2.45) is 0 Å². The number of aliphatic carboxylic acids is 1. The van der Waals surface area contributed by atoms with E-state index < -0.39 is 5.97 Å². The number of carboxylic acid groups (broad SMARTS) is 1. The van der Waals surface area contributed by atoms with E-state index >= 15 is 0 Å². The lowest BCUT2D eigenvalue weighted by Gasteiger charge is -2.15. The van der Waals surface area contributed by atoms with Crippen LogP contribution in [0, 0.1) is 0 Å². The zero-order valence-corrected chi connectivity index (χ0v) is 11.6. The molecule has 0 aliphatic heterocycles. The van der Waals surface area contributed by atoms with E-state index in [1.165, 1.54) is 15.9 Å². The first kappa shape index (κ1) is 14.7. The minimum atomic E-state index is -0.929. The van der Waals surface area contributed by atoms with Gasteiger partial charge in [0, 0.05) is 19.2 Å². The van der Waals surface area contributed by atoms with Crippen LogP contribution in [0.4, 0.5) is 0 Å². The molecule has 0 saturated heterocycles. The standard InChI is InChI=1S/C14H16N4O3/c1-17(8-7-13(20)21)12(19)9-18-10-15-14(16-18)11-5-3-2-4-6-11/h2-6,10H,7-9H2,1H3,(H,20,21). The first-order chi connectivity index (χ1) is 10.1. The van der Waals surface area contributed by atoms with Crippen LogP contribution in [0.5, 0.6) is 0 Å². The van der Waals surface area contributed by atoms with Crippen LogP contribution in [0.1, 0.15) is 6.42 Å². The molecule has 7 nitrogen and oxygen atoms in total. The molecule has 1 aromatic carbocycles. The summed E-state index contributed by atoms with van der Waals surface area (Å²) in [6.45, 7) is 0.213. The van der Waals surface area contributed by atoms with Crippen molar-refractivity contribution >= 4 is 11.9 Å². The fourth-order valence-corrected chi connectivity index (χ4v) is 1.74. The summed E-state index contributed by atoms with van der Waals surface area (Å²) in [5.74, 6) is -0.584. The molecule has 7 heteroatoms. The fourth-order valence-electron chi connectivity index (χ4n) is 1.74. The first-order valence-corrected chi connectivity index (χ1v) is 6.47. The van der Waals surface area contributed by atoms with Gasteiger partial charge in [0.2, 0.25) is 5.91 Å². The van der Waals surface area contributed by atoms with Crippen molar-refractivity contribution in [1.29, 1.82) is 0 Å². The van der Waals surface area contributed by atoms with Gasteiger partial charge in [-0.25, -0.2) is 9.67 Å². The van der Waals surface area contributed by atoms with E-state index in [9.17, 15) is 9.59 Å². The molecule has 0 fully saturated rings. The van der Waals surface area contributed by atoms with E-state index in [1.807, 2.05) is 30.3 Å². The van der Waals surface area contributed by atoms with Gasteiger partial charge in [0.1, 0.15) is 12.9 Å². The third-order valence-electron chi connectivity index (χ3n) is 2.95. The van der Waals surface area contributed by atoms with E-state index in [0.717, 1.165) is 5.56 Å². The average Bonchev–Trinajstić information content (AvgIpc) is 2.94. The highest BCUT2D eigenvalue weighted by atomic mass is 16.4. The highest BCUT2D eigenvalue weighted by Gasteiger charge is 2.12. The van der Waals surface area contributed by atoms with E-state index in [0.29, 0.717) is 5.82 Å². The Hall–Kier alpha value is -2.70. The Morgan fingerprint density at radius 2 is 2.00 bits per heavy atom. The summed E-state index contributed by atoms with van der Waals surface area (Å²) < 4.78 is 1.45. The quantitative estimate of drug-likeness (QED) is 0.852. The van der Waals surface area contributed by atoms with Crippen LogP contribution >= 0.6 is 0 Å². The van der Waals surface area contributed by atoms with Gasteiger partial charge in [-0.05, 0) is 0 Å². The normalized spacial score (nSPS) is 10.3. The van der Waals surface area contributed by atoms with Crippen LogP contribution in [-0.2, 0) is 16.1 Å². The number of aromatic nitrogens is 3. The lowest BCUT2D eigenvalue weighted by Crippen LogP contribution is -2.32. The predicted molar refractivity (Wildman–Crippen MR) is 75.3 cm³/mol. The largest absolute Gasteiger partial charge is 0.481 e. The molecular formula is C14H16N4O3. The zero-order chi connectivity index (χ0) is 15.2. The third-order valence-corrected chi connectivity index (χ3v) is 2.95. The van der Waals surface area contributed by atoms with Gasteiger partial charge in [-0.15, -0.1) is 0 Å². The Morgan fingerprint density at radius 1 is 1.29 bits per heavy atom. The van der Waals surface area contributed by atoms with E-state index in [4.69, 9.17) is 5.11 Å². The predicted octanol–water partition coefficient (Wildman–Crippen LogP) is 0.878. The summed E-state index contributed by atoms with van der Waals surface area (Å²) >= 11 is 0. The molecular weight excluding hydrogens is 272 g/mol. The molecule has 21 heavy (non-hydrogen) atoms. The first-order valence-electron chi connectivity index (χ1n) is 6.47. The molecule has 0 atom stereocenters. The molecule has 0 bridgehead atoms. The van der Waals surface area contributed by atoms with Gasteiger partial charge in [0.25, 0.3) is 0 Å². The molecule has 2 rings (SSSR count). The molecule has 2 aromatic rings. The smallest absolute Gasteiger partial charge is 0.305 e. The minimum Gasteiger partial charge on any atom is -0.481 e. The molecule has 0 aliphatic carbocycles. The Bertz CT molecular complexity index is 624. The monoisotopic (exact) mass is 288 g/mol. The molecule has 0 saturated carbocycles. The van der Waals surface area contributed by atoms with Gasteiger partial charge in [-0.2, -0.15) is 5.10 Å². The van der Waals surface area contributed by atoms with Gasteiger partial charge < -0.3 is 10.0 Å². The molecule has 0 radical (unpaired) electrons. The molecule has 1 N–H and O–H groups in total. The van der Waals surface area contributed by atoms with Crippen molar-refractivity contribution in [3.63, 3.8) is 0 Å². The van der Waals surface area contributed by atoms with Gasteiger partial charge in [-0.1, -0.05) is 30.3 Å². The number of carboxylic acids is 1. The molecule has 1 heterocycles. The lowest BCUT2D eigenvalue weighted by molar-refractivity contribution is -0.138. The maximum Gasteiger partial charge on any atom is 0.305 e. The molecule has 0 aliphatic rings. The zero-order valence-electron chi connectivity index (χ0n) is 11.6. The number of benzene rings is 1. The highest BCUT2D eigenvalue weighted by Crippen LogP contribution is 2.12. The van der Waals surface area contributed by atoms with Gasteiger partial charge in [0.05, 0.1) is 6.42 Å². The second kappa shape index (κ2) is 6.65. The molecule has 1 aromatic heterocycles. The van der Waals surface area contributed by atoms with Gasteiger partial charge in [0.15, 0.2) is 5.82 Å².